The lowest BCUT2D eigenvalue weighted by molar-refractivity contribution is 0.0993. The molecule has 4 heteroatoms. The smallest absolute Gasteiger partial charge is 0.192 e. The van der Waals surface area contributed by atoms with Crippen molar-refractivity contribution in [3.05, 3.63) is 107 Å². The maximum Gasteiger partial charge on any atom is 0.192 e. The summed E-state index contributed by atoms with van der Waals surface area (Å²) in [5.74, 6) is 0.0725. The van der Waals surface area contributed by atoms with Crippen LogP contribution in [0, 0.1) is 0 Å². The van der Waals surface area contributed by atoms with Gasteiger partial charge in [0.2, 0.25) is 0 Å². The zero-order valence-corrected chi connectivity index (χ0v) is 20.8. The second-order valence-electron chi connectivity index (χ2n) is 9.90. The first kappa shape index (κ1) is 24.1. The minimum absolute atomic E-state index is 0.0725. The largest absolute Gasteiger partial charge is 0.413 e. The Kier molecular flexibility index (Phi) is 7.50. The number of Topliss-reactive ketones (excluding diaryl/α,β-unsaturated/α-hetero) is 1. The molecule has 0 fully saturated rings. The lowest BCUT2D eigenvalue weighted by Crippen LogP contribution is -2.40. The van der Waals surface area contributed by atoms with E-state index in [0.717, 1.165) is 22.3 Å². The Hall–Kier alpha value is -2.53. The molecule has 3 aromatic carbocycles. The van der Waals surface area contributed by atoms with Crippen LogP contribution in [0.5, 0.6) is 0 Å². The van der Waals surface area contributed by atoms with E-state index in [2.05, 4.69) is 33.9 Å². The molecular formula is C28H34O3Si. The first-order valence-corrected chi connectivity index (χ1v) is 14.1. The van der Waals surface area contributed by atoms with Gasteiger partial charge in [-0.1, -0.05) is 99.6 Å². The summed E-state index contributed by atoms with van der Waals surface area (Å²) in [5.41, 5.74) is 4.35. The fourth-order valence-electron chi connectivity index (χ4n) is 3.20. The molecule has 3 nitrogen and oxygen atoms in total. The number of benzene rings is 3. The van der Waals surface area contributed by atoms with Crippen molar-refractivity contribution in [3.8, 4) is 0 Å². The van der Waals surface area contributed by atoms with Crippen LogP contribution in [0.15, 0.2) is 78.9 Å². The Balaban J connectivity index is 1.62. The van der Waals surface area contributed by atoms with E-state index in [-0.39, 0.29) is 10.8 Å². The minimum atomic E-state index is -1.79. The molecule has 1 N–H and O–H groups in total. The number of aliphatic hydroxyl groups is 1. The highest BCUT2D eigenvalue weighted by Crippen LogP contribution is 2.37. The highest BCUT2D eigenvalue weighted by atomic mass is 28.4. The quantitative estimate of drug-likeness (QED) is 0.309. The fourth-order valence-corrected chi connectivity index (χ4v) is 4.16. The summed E-state index contributed by atoms with van der Waals surface area (Å²) in [6, 6.07) is 24.9. The van der Waals surface area contributed by atoms with Gasteiger partial charge in [0, 0.05) is 12.0 Å². The molecule has 0 heterocycles. The van der Waals surface area contributed by atoms with Crippen molar-refractivity contribution in [2.45, 2.75) is 58.0 Å². The van der Waals surface area contributed by atoms with Crippen molar-refractivity contribution >= 4 is 14.1 Å². The Morgan fingerprint density at radius 3 is 1.91 bits per heavy atom. The Morgan fingerprint density at radius 1 is 0.844 bits per heavy atom. The van der Waals surface area contributed by atoms with Crippen molar-refractivity contribution in [1.82, 2.24) is 0 Å². The van der Waals surface area contributed by atoms with Gasteiger partial charge >= 0.3 is 0 Å². The molecule has 0 saturated carbocycles. The Bertz CT molecular complexity index is 1020. The van der Waals surface area contributed by atoms with Crippen molar-refractivity contribution in [1.29, 1.82) is 0 Å². The van der Waals surface area contributed by atoms with Crippen molar-refractivity contribution < 1.29 is 14.3 Å². The van der Waals surface area contributed by atoms with Gasteiger partial charge in [-0.05, 0) is 40.4 Å². The number of ketones is 1. The van der Waals surface area contributed by atoms with Crippen LogP contribution in [0.4, 0.5) is 0 Å². The van der Waals surface area contributed by atoms with Gasteiger partial charge in [0.05, 0.1) is 6.61 Å². The van der Waals surface area contributed by atoms with Gasteiger partial charge in [-0.25, -0.2) is 0 Å². The lowest BCUT2D eigenvalue weighted by atomic mass is 9.97. The van der Waals surface area contributed by atoms with Crippen LogP contribution >= 0.6 is 0 Å². The molecule has 1 atom stereocenters. The molecule has 0 saturated heterocycles. The third kappa shape index (κ3) is 6.03. The molecule has 0 aliphatic rings. The van der Waals surface area contributed by atoms with Gasteiger partial charge in [-0.15, -0.1) is 0 Å². The van der Waals surface area contributed by atoms with Crippen molar-refractivity contribution in [2.24, 2.45) is 0 Å². The van der Waals surface area contributed by atoms with E-state index in [1.807, 2.05) is 66.7 Å². The normalized spacial score (nSPS) is 13.1. The topological polar surface area (TPSA) is 46.5 Å². The first-order chi connectivity index (χ1) is 15.1. The van der Waals surface area contributed by atoms with Gasteiger partial charge < -0.3 is 9.53 Å². The Morgan fingerprint density at radius 2 is 1.38 bits per heavy atom. The third-order valence-electron chi connectivity index (χ3n) is 6.46. The highest BCUT2D eigenvalue weighted by molar-refractivity contribution is 6.74. The maximum atomic E-state index is 12.5. The zero-order chi connectivity index (χ0) is 23.4. The summed E-state index contributed by atoms with van der Waals surface area (Å²) in [6.45, 7) is 11.8. The van der Waals surface area contributed by atoms with Crippen LogP contribution in [0.2, 0.25) is 18.1 Å². The SMILES string of the molecule is CC(C)(C)[Si](C)(C)OCc1ccc(C(O)c2ccc(C(=O)Cc3ccccc3)cc2)cc1. The monoisotopic (exact) mass is 446 g/mol. The maximum absolute atomic E-state index is 12.5. The number of hydrogen-bond donors (Lipinski definition) is 1. The lowest BCUT2D eigenvalue weighted by Gasteiger charge is -2.36. The van der Waals surface area contributed by atoms with Gasteiger partial charge in [0.1, 0.15) is 6.10 Å². The molecule has 168 valence electrons. The van der Waals surface area contributed by atoms with Crippen LogP contribution in [-0.4, -0.2) is 19.2 Å². The average Bonchev–Trinajstić information content (AvgIpc) is 2.77. The number of hydrogen-bond acceptors (Lipinski definition) is 3. The summed E-state index contributed by atoms with van der Waals surface area (Å²) >= 11 is 0. The van der Waals surface area contributed by atoms with Crippen molar-refractivity contribution in [2.75, 3.05) is 0 Å². The van der Waals surface area contributed by atoms with Crippen LogP contribution in [-0.2, 0) is 17.5 Å². The molecule has 0 aliphatic heterocycles. The van der Waals surface area contributed by atoms with E-state index < -0.39 is 14.4 Å². The predicted molar refractivity (Wildman–Crippen MR) is 133 cm³/mol. The minimum Gasteiger partial charge on any atom is -0.413 e. The number of aliphatic hydroxyl groups excluding tert-OH is 1. The van der Waals surface area contributed by atoms with E-state index in [1.54, 1.807) is 12.1 Å². The number of carbonyl (C=O) groups is 1. The van der Waals surface area contributed by atoms with Crippen LogP contribution < -0.4 is 0 Å². The van der Waals surface area contributed by atoms with Crippen molar-refractivity contribution in [3.63, 3.8) is 0 Å². The van der Waals surface area contributed by atoms with E-state index in [9.17, 15) is 9.90 Å². The standard InChI is InChI=1S/C28H34O3Si/c1-28(2,3)32(4,5)31-20-22-11-13-24(14-12-22)27(30)25-17-15-23(16-18-25)26(29)19-21-9-7-6-8-10-21/h6-18,27,30H,19-20H2,1-5H3. The van der Waals surface area contributed by atoms with E-state index >= 15 is 0 Å². The first-order valence-electron chi connectivity index (χ1n) is 11.1. The molecule has 1 unspecified atom stereocenters. The van der Waals surface area contributed by atoms with Gasteiger partial charge in [-0.3, -0.25) is 4.79 Å². The van der Waals surface area contributed by atoms with Gasteiger partial charge in [-0.2, -0.15) is 0 Å². The van der Waals surface area contributed by atoms with Gasteiger partial charge in [0.15, 0.2) is 14.1 Å². The number of rotatable bonds is 8. The fraction of sp³-hybridized carbons (Fsp3) is 0.321. The molecule has 3 aromatic rings. The number of carbonyl (C=O) groups excluding carboxylic acids is 1. The second kappa shape index (κ2) is 9.95. The van der Waals surface area contributed by atoms with Crippen LogP contribution in [0.1, 0.15) is 59.5 Å². The molecule has 0 amide bonds. The summed E-state index contributed by atoms with van der Waals surface area (Å²) in [7, 11) is -1.79. The summed E-state index contributed by atoms with van der Waals surface area (Å²) < 4.78 is 6.29. The molecule has 3 rings (SSSR count). The highest BCUT2D eigenvalue weighted by Gasteiger charge is 2.37. The molecular weight excluding hydrogens is 412 g/mol. The van der Waals surface area contributed by atoms with E-state index in [1.165, 1.54) is 0 Å². The third-order valence-corrected chi connectivity index (χ3v) is 10.9. The second-order valence-corrected chi connectivity index (χ2v) is 14.7. The molecule has 0 aromatic heterocycles. The van der Waals surface area contributed by atoms with Crippen LogP contribution in [0.3, 0.4) is 0 Å². The molecule has 0 radical (unpaired) electrons. The summed E-state index contributed by atoms with van der Waals surface area (Å²) in [4.78, 5) is 12.5. The zero-order valence-electron chi connectivity index (χ0n) is 19.8. The van der Waals surface area contributed by atoms with E-state index in [0.29, 0.717) is 18.6 Å². The average molecular weight is 447 g/mol. The van der Waals surface area contributed by atoms with Gasteiger partial charge in [0.25, 0.3) is 0 Å². The molecule has 0 aliphatic carbocycles. The molecule has 0 spiro atoms. The summed E-state index contributed by atoms with van der Waals surface area (Å²) in [6.07, 6.45) is -0.357. The molecule has 32 heavy (non-hydrogen) atoms. The molecule has 0 bridgehead atoms. The van der Waals surface area contributed by atoms with Crippen LogP contribution in [0.25, 0.3) is 0 Å². The Labute approximate surface area is 193 Å². The predicted octanol–water partition coefficient (Wildman–Crippen LogP) is 6.72. The van der Waals surface area contributed by atoms with E-state index in [4.69, 9.17) is 4.43 Å². The summed E-state index contributed by atoms with van der Waals surface area (Å²) in [5, 5.41) is 11.0.